The van der Waals surface area contributed by atoms with E-state index in [9.17, 15) is 4.79 Å². The van der Waals surface area contributed by atoms with Crippen molar-refractivity contribution in [2.75, 3.05) is 32.7 Å². The van der Waals surface area contributed by atoms with Crippen LogP contribution >= 0.6 is 11.6 Å². The van der Waals surface area contributed by atoms with Crippen molar-refractivity contribution in [3.8, 4) is 17.2 Å². The maximum atomic E-state index is 13.4. The number of ether oxygens (including phenoxy) is 3. The highest BCUT2D eigenvalue weighted by atomic mass is 35.5. The van der Waals surface area contributed by atoms with Gasteiger partial charge in [0.05, 0.1) is 38.6 Å². The van der Waals surface area contributed by atoms with Gasteiger partial charge in [-0.15, -0.1) is 11.6 Å². The molecule has 0 fully saturated rings. The van der Waals surface area contributed by atoms with Gasteiger partial charge in [0.2, 0.25) is 5.75 Å². The summed E-state index contributed by atoms with van der Waals surface area (Å²) >= 11 is 6.22. The summed E-state index contributed by atoms with van der Waals surface area (Å²) in [6, 6.07) is 8.72. The van der Waals surface area contributed by atoms with Gasteiger partial charge < -0.3 is 24.1 Å². The summed E-state index contributed by atoms with van der Waals surface area (Å²) in [7, 11) is 4.61. The molecule has 158 valence electrons. The first-order chi connectivity index (χ1) is 14.6. The lowest BCUT2D eigenvalue weighted by molar-refractivity contribution is 0.0702. The second-order valence-electron chi connectivity index (χ2n) is 6.92. The van der Waals surface area contributed by atoms with Crippen molar-refractivity contribution < 1.29 is 24.2 Å². The fraction of sp³-hybridized carbons (Fsp3) is 0.286. The van der Waals surface area contributed by atoms with E-state index < -0.39 is 0 Å². The second kappa shape index (κ2) is 7.97. The van der Waals surface area contributed by atoms with Crippen LogP contribution in [0.5, 0.6) is 17.2 Å². The lowest BCUT2D eigenvalue weighted by atomic mass is 10.1. The van der Waals surface area contributed by atoms with Crippen molar-refractivity contribution in [3.63, 3.8) is 0 Å². The molecule has 8 nitrogen and oxygen atoms in total. The van der Waals surface area contributed by atoms with Crippen molar-refractivity contribution in [3.05, 3.63) is 47.2 Å². The number of nitrogens with zero attached hydrogens (tertiary/aromatic N) is 1. The van der Waals surface area contributed by atoms with Crippen LogP contribution in [0.25, 0.3) is 10.9 Å². The first-order valence-corrected chi connectivity index (χ1v) is 9.81. The highest BCUT2D eigenvalue weighted by Crippen LogP contribution is 2.44. The van der Waals surface area contributed by atoms with Gasteiger partial charge in [0, 0.05) is 17.8 Å². The van der Waals surface area contributed by atoms with Gasteiger partial charge in [-0.1, -0.05) is 6.07 Å². The van der Waals surface area contributed by atoms with E-state index >= 15 is 0 Å². The van der Waals surface area contributed by atoms with Crippen molar-refractivity contribution in [2.24, 2.45) is 0 Å². The third-order valence-corrected chi connectivity index (χ3v) is 5.70. The molecule has 1 aromatic heterocycles. The number of carbonyl (C=O) groups excluding carboxylic acids is 1. The van der Waals surface area contributed by atoms with Gasteiger partial charge in [0.15, 0.2) is 11.5 Å². The molecule has 0 saturated carbocycles. The first-order valence-electron chi connectivity index (χ1n) is 9.27. The number of H-pyrrole nitrogens is 1. The number of halogens is 1. The van der Waals surface area contributed by atoms with Crippen molar-refractivity contribution in [2.45, 2.75) is 12.6 Å². The van der Waals surface area contributed by atoms with Crippen molar-refractivity contribution in [1.82, 2.24) is 9.88 Å². The molecule has 0 spiro atoms. The van der Waals surface area contributed by atoms with Gasteiger partial charge >= 0.3 is 0 Å². The minimum Gasteiger partial charge on any atom is -0.493 e. The molecule has 2 aromatic carbocycles. The third-order valence-electron chi connectivity index (χ3n) is 5.41. The SMILES string of the molecule is COc1cc2cc(C(=O)N3Cc4cc(NO)ccc4C3CCl)[nH]c2c(OC)c1OC. The molecule has 30 heavy (non-hydrogen) atoms. The number of carbonyl (C=O) groups is 1. The van der Waals surface area contributed by atoms with Crippen molar-refractivity contribution >= 4 is 34.1 Å². The van der Waals surface area contributed by atoms with Gasteiger partial charge in [-0.3, -0.25) is 15.5 Å². The zero-order chi connectivity index (χ0) is 21.4. The van der Waals surface area contributed by atoms with Crippen molar-refractivity contribution in [1.29, 1.82) is 0 Å². The predicted molar refractivity (Wildman–Crippen MR) is 113 cm³/mol. The number of hydrogen-bond donors (Lipinski definition) is 3. The number of aromatic amines is 1. The lowest BCUT2D eigenvalue weighted by Crippen LogP contribution is -2.30. The number of amides is 1. The first kappa shape index (κ1) is 20.2. The average Bonchev–Trinajstić information content (AvgIpc) is 3.37. The van der Waals surface area contributed by atoms with Crippen LogP contribution < -0.4 is 19.7 Å². The topological polar surface area (TPSA) is 96.1 Å². The normalized spacial score (nSPS) is 15.2. The molecule has 0 bridgehead atoms. The molecular weight excluding hydrogens is 410 g/mol. The van der Waals surface area contributed by atoms with E-state index in [2.05, 4.69) is 10.5 Å². The Morgan fingerprint density at radius 2 is 1.97 bits per heavy atom. The second-order valence-corrected chi connectivity index (χ2v) is 7.23. The largest absolute Gasteiger partial charge is 0.493 e. The molecule has 1 aliphatic heterocycles. The highest BCUT2D eigenvalue weighted by molar-refractivity contribution is 6.18. The lowest BCUT2D eigenvalue weighted by Gasteiger charge is -2.23. The molecule has 1 unspecified atom stereocenters. The van der Waals surface area contributed by atoms with Gasteiger partial charge in [-0.2, -0.15) is 0 Å². The monoisotopic (exact) mass is 431 g/mol. The third kappa shape index (κ3) is 3.09. The van der Waals surface area contributed by atoms with E-state index in [1.54, 1.807) is 30.2 Å². The number of aromatic nitrogens is 1. The van der Waals surface area contributed by atoms with Crippen LogP contribution in [0.2, 0.25) is 0 Å². The Morgan fingerprint density at radius 1 is 1.20 bits per heavy atom. The molecule has 1 amide bonds. The zero-order valence-corrected chi connectivity index (χ0v) is 17.5. The summed E-state index contributed by atoms with van der Waals surface area (Å²) in [6.45, 7) is 0.389. The van der Waals surface area contributed by atoms with Crippen LogP contribution in [-0.2, 0) is 6.54 Å². The van der Waals surface area contributed by atoms with Gasteiger partial charge in [0.1, 0.15) is 5.69 Å². The average molecular weight is 432 g/mol. The molecule has 2 heterocycles. The molecular formula is C21H22ClN3O5. The summed E-state index contributed by atoms with van der Waals surface area (Å²) in [6.07, 6.45) is 0. The number of hydrogen-bond acceptors (Lipinski definition) is 6. The fourth-order valence-electron chi connectivity index (χ4n) is 3.99. The molecule has 1 atom stereocenters. The maximum Gasteiger partial charge on any atom is 0.271 e. The predicted octanol–water partition coefficient (Wildman–Crippen LogP) is 3.93. The number of methoxy groups -OCH3 is 3. The Kier molecular flexibility index (Phi) is 5.36. The van der Waals surface area contributed by atoms with E-state index in [-0.39, 0.29) is 17.8 Å². The van der Waals surface area contributed by atoms with Crippen LogP contribution in [0.1, 0.15) is 27.7 Å². The van der Waals surface area contributed by atoms with E-state index in [1.165, 1.54) is 14.2 Å². The summed E-state index contributed by atoms with van der Waals surface area (Å²) in [5.74, 6) is 1.49. The Hall–Kier alpha value is -3.10. The summed E-state index contributed by atoms with van der Waals surface area (Å²) < 4.78 is 16.3. The minimum absolute atomic E-state index is 0.188. The molecule has 3 aromatic rings. The van der Waals surface area contributed by atoms with Crippen LogP contribution in [0, 0.1) is 0 Å². The number of alkyl halides is 1. The maximum absolute atomic E-state index is 13.4. The Bertz CT molecular complexity index is 1110. The van der Waals surface area contributed by atoms with Crippen LogP contribution in [0.4, 0.5) is 5.69 Å². The molecule has 0 aliphatic carbocycles. The quantitative estimate of drug-likeness (QED) is 0.404. The summed E-state index contributed by atoms with van der Waals surface area (Å²) in [5, 5.41) is 9.93. The Balaban J connectivity index is 1.74. The summed E-state index contributed by atoms with van der Waals surface area (Å²) in [4.78, 5) is 18.3. The van der Waals surface area contributed by atoms with Gasteiger partial charge in [0.25, 0.3) is 5.91 Å². The molecule has 0 saturated heterocycles. The minimum atomic E-state index is -0.265. The number of benzene rings is 2. The smallest absolute Gasteiger partial charge is 0.271 e. The number of nitrogens with one attached hydrogen (secondary N) is 2. The highest BCUT2D eigenvalue weighted by Gasteiger charge is 2.34. The fourth-order valence-corrected chi connectivity index (χ4v) is 4.33. The molecule has 9 heteroatoms. The van der Waals surface area contributed by atoms with E-state index in [0.29, 0.717) is 40.7 Å². The molecule has 0 radical (unpaired) electrons. The van der Waals surface area contributed by atoms with Crippen LogP contribution in [-0.4, -0.2) is 48.2 Å². The van der Waals surface area contributed by atoms with E-state index in [1.807, 2.05) is 12.1 Å². The Labute approximate surface area is 178 Å². The van der Waals surface area contributed by atoms with Crippen LogP contribution in [0.3, 0.4) is 0 Å². The number of rotatable bonds is 6. The Morgan fingerprint density at radius 3 is 2.60 bits per heavy atom. The zero-order valence-electron chi connectivity index (χ0n) is 16.8. The van der Waals surface area contributed by atoms with Gasteiger partial charge in [-0.05, 0) is 35.4 Å². The molecule has 4 rings (SSSR count). The standard InChI is InChI=1S/C21H22ClN3O5/c1-28-17-8-11-7-15(23-18(11)20(30-3)19(17)29-2)21(26)25-10-12-6-13(24-27)4-5-14(12)16(25)9-22/h4-8,16,23-24,27H,9-10H2,1-3H3. The van der Waals surface area contributed by atoms with Gasteiger partial charge in [-0.25, -0.2) is 0 Å². The number of fused-ring (bicyclic) bond motifs is 2. The molecule has 3 N–H and O–H groups in total. The van der Waals surface area contributed by atoms with Crippen LogP contribution in [0.15, 0.2) is 30.3 Å². The van der Waals surface area contributed by atoms with E-state index in [0.717, 1.165) is 16.5 Å². The van der Waals surface area contributed by atoms with E-state index in [4.69, 9.17) is 31.0 Å². The number of anilines is 1. The molecule has 1 aliphatic rings. The summed E-state index contributed by atoms with van der Waals surface area (Å²) in [5.41, 5.74) is 5.65.